The van der Waals surface area contributed by atoms with Crippen molar-refractivity contribution < 1.29 is 23.8 Å². The Labute approximate surface area is 166 Å². The Morgan fingerprint density at radius 2 is 1.54 bits per heavy atom. The van der Waals surface area contributed by atoms with Gasteiger partial charge in [-0.15, -0.1) is 0 Å². The van der Waals surface area contributed by atoms with Crippen molar-refractivity contribution in [2.24, 2.45) is 4.99 Å². The van der Waals surface area contributed by atoms with Crippen molar-refractivity contribution in [3.8, 4) is 0 Å². The lowest BCUT2D eigenvalue weighted by molar-refractivity contribution is 0.0400. The molecule has 0 aliphatic rings. The standard InChI is InChI=1S/C20H31N3O5/c1-20(2,3)28-19(25)23-10-12-27-14-13-26-11-9-22-18(24)17-7-5-16(6-8-17)15-21-4/h5-8H,4,9-15H2,1-3H3,(H,22,24)(H,23,25). The number of benzene rings is 1. The normalized spacial score (nSPS) is 11.0. The summed E-state index contributed by atoms with van der Waals surface area (Å²) in [4.78, 5) is 27.2. The monoisotopic (exact) mass is 393 g/mol. The number of hydrogen-bond donors (Lipinski definition) is 2. The van der Waals surface area contributed by atoms with Crippen molar-refractivity contribution in [1.82, 2.24) is 10.6 Å². The quantitative estimate of drug-likeness (QED) is 0.419. The van der Waals surface area contributed by atoms with Gasteiger partial charge in [-0.05, 0) is 45.2 Å². The van der Waals surface area contributed by atoms with Gasteiger partial charge in [0.15, 0.2) is 0 Å². The SMILES string of the molecule is C=NCc1ccc(C(=O)NCCOCCOCCNC(=O)OC(C)(C)C)cc1. The van der Waals surface area contributed by atoms with Gasteiger partial charge in [0.1, 0.15) is 5.60 Å². The van der Waals surface area contributed by atoms with E-state index in [0.29, 0.717) is 51.6 Å². The first-order valence-corrected chi connectivity index (χ1v) is 9.24. The summed E-state index contributed by atoms with van der Waals surface area (Å²) in [7, 11) is 0. The van der Waals surface area contributed by atoms with Gasteiger partial charge in [-0.2, -0.15) is 0 Å². The van der Waals surface area contributed by atoms with E-state index in [-0.39, 0.29) is 5.91 Å². The Hall–Kier alpha value is -2.45. The summed E-state index contributed by atoms with van der Waals surface area (Å²) in [5.74, 6) is -0.147. The molecule has 156 valence electrons. The van der Waals surface area contributed by atoms with Crippen LogP contribution < -0.4 is 10.6 Å². The predicted octanol–water partition coefficient (Wildman–Crippen LogP) is 2.17. The van der Waals surface area contributed by atoms with E-state index in [1.54, 1.807) is 32.9 Å². The zero-order valence-electron chi connectivity index (χ0n) is 17.0. The van der Waals surface area contributed by atoms with Gasteiger partial charge < -0.3 is 24.8 Å². The fraction of sp³-hybridized carbons (Fsp3) is 0.550. The van der Waals surface area contributed by atoms with Crippen LogP contribution in [0.3, 0.4) is 0 Å². The molecule has 8 heteroatoms. The third-order valence-corrected chi connectivity index (χ3v) is 3.33. The fourth-order valence-corrected chi connectivity index (χ4v) is 2.09. The molecule has 0 spiro atoms. The molecule has 0 radical (unpaired) electrons. The highest BCUT2D eigenvalue weighted by Crippen LogP contribution is 2.06. The fourth-order valence-electron chi connectivity index (χ4n) is 2.09. The van der Waals surface area contributed by atoms with Crippen LogP contribution in [0.25, 0.3) is 0 Å². The highest BCUT2D eigenvalue weighted by molar-refractivity contribution is 5.94. The molecule has 1 aromatic carbocycles. The topological polar surface area (TPSA) is 98.3 Å². The maximum Gasteiger partial charge on any atom is 0.407 e. The molecule has 0 atom stereocenters. The number of amides is 2. The summed E-state index contributed by atoms with van der Waals surface area (Å²) in [6, 6.07) is 7.23. The van der Waals surface area contributed by atoms with Crippen molar-refractivity contribution in [3.05, 3.63) is 35.4 Å². The molecule has 1 aromatic rings. The molecule has 0 saturated carbocycles. The Balaban J connectivity index is 1.99. The number of ether oxygens (including phenoxy) is 3. The van der Waals surface area contributed by atoms with Gasteiger partial charge in [0, 0.05) is 18.7 Å². The van der Waals surface area contributed by atoms with Crippen LogP contribution in [-0.2, 0) is 20.8 Å². The van der Waals surface area contributed by atoms with Crippen LogP contribution in [-0.4, -0.2) is 63.8 Å². The molecule has 0 bridgehead atoms. The number of rotatable bonds is 12. The van der Waals surface area contributed by atoms with E-state index in [0.717, 1.165) is 5.56 Å². The van der Waals surface area contributed by atoms with Gasteiger partial charge in [0.05, 0.1) is 33.0 Å². The second-order valence-corrected chi connectivity index (χ2v) is 6.99. The number of aliphatic imine (C=N–C) groups is 1. The third kappa shape index (κ3) is 11.3. The van der Waals surface area contributed by atoms with Crippen LogP contribution in [0.2, 0.25) is 0 Å². The van der Waals surface area contributed by atoms with E-state index in [1.807, 2.05) is 12.1 Å². The molecule has 0 aliphatic heterocycles. The summed E-state index contributed by atoms with van der Waals surface area (Å²) in [6.45, 7) is 11.8. The first-order chi connectivity index (χ1) is 13.3. The van der Waals surface area contributed by atoms with Crippen molar-refractivity contribution in [3.63, 3.8) is 0 Å². The number of nitrogens with one attached hydrogen (secondary N) is 2. The smallest absolute Gasteiger partial charge is 0.407 e. The molecule has 0 unspecified atom stereocenters. The molecule has 0 heterocycles. The average molecular weight is 393 g/mol. The summed E-state index contributed by atoms with van der Waals surface area (Å²) in [5.41, 5.74) is 1.09. The number of nitrogens with zero attached hydrogens (tertiary/aromatic N) is 1. The number of hydrogen-bond acceptors (Lipinski definition) is 6. The van der Waals surface area contributed by atoms with Crippen LogP contribution in [0.5, 0.6) is 0 Å². The summed E-state index contributed by atoms with van der Waals surface area (Å²) in [6.07, 6.45) is -0.463. The lowest BCUT2D eigenvalue weighted by atomic mass is 10.1. The van der Waals surface area contributed by atoms with Crippen molar-refractivity contribution in [2.75, 3.05) is 39.5 Å². The zero-order chi connectivity index (χ0) is 20.8. The molecule has 1 rings (SSSR count). The van der Waals surface area contributed by atoms with Gasteiger partial charge in [0.25, 0.3) is 5.91 Å². The van der Waals surface area contributed by atoms with Crippen molar-refractivity contribution >= 4 is 18.7 Å². The maximum atomic E-state index is 12.0. The molecule has 0 aromatic heterocycles. The third-order valence-electron chi connectivity index (χ3n) is 3.33. The summed E-state index contributed by atoms with van der Waals surface area (Å²) < 4.78 is 15.8. The van der Waals surface area contributed by atoms with Crippen molar-refractivity contribution in [1.29, 1.82) is 0 Å². The first kappa shape index (κ1) is 23.6. The number of carbonyl (C=O) groups excluding carboxylic acids is 2. The lowest BCUT2D eigenvalue weighted by Gasteiger charge is -2.19. The van der Waals surface area contributed by atoms with Gasteiger partial charge in [-0.1, -0.05) is 12.1 Å². The van der Waals surface area contributed by atoms with Crippen molar-refractivity contribution in [2.45, 2.75) is 32.9 Å². The predicted molar refractivity (Wildman–Crippen MR) is 108 cm³/mol. The van der Waals surface area contributed by atoms with Gasteiger partial charge >= 0.3 is 6.09 Å². The first-order valence-electron chi connectivity index (χ1n) is 9.24. The van der Waals surface area contributed by atoms with Crippen LogP contribution in [0, 0.1) is 0 Å². The van der Waals surface area contributed by atoms with Crippen LogP contribution in [0.1, 0.15) is 36.7 Å². The molecular weight excluding hydrogens is 362 g/mol. The highest BCUT2D eigenvalue weighted by atomic mass is 16.6. The van der Waals surface area contributed by atoms with Crippen LogP contribution in [0.15, 0.2) is 29.3 Å². The minimum Gasteiger partial charge on any atom is -0.444 e. The minimum absolute atomic E-state index is 0.147. The van der Waals surface area contributed by atoms with E-state index >= 15 is 0 Å². The van der Waals surface area contributed by atoms with Gasteiger partial charge in [-0.3, -0.25) is 9.79 Å². The van der Waals surface area contributed by atoms with E-state index in [1.165, 1.54) is 0 Å². The van der Waals surface area contributed by atoms with Crippen LogP contribution >= 0.6 is 0 Å². The average Bonchev–Trinajstić information content (AvgIpc) is 2.62. The Morgan fingerprint density at radius 3 is 2.07 bits per heavy atom. The molecule has 0 fully saturated rings. The molecule has 2 amide bonds. The van der Waals surface area contributed by atoms with Gasteiger partial charge in [-0.25, -0.2) is 4.79 Å². The molecule has 0 saturated heterocycles. The number of carbonyl (C=O) groups is 2. The number of alkyl carbamates (subject to hydrolysis) is 1. The molecule has 0 aliphatic carbocycles. The Bertz CT molecular complexity index is 611. The second-order valence-electron chi connectivity index (χ2n) is 6.99. The summed E-state index contributed by atoms with van der Waals surface area (Å²) in [5, 5.41) is 5.40. The Morgan fingerprint density at radius 1 is 0.964 bits per heavy atom. The summed E-state index contributed by atoms with van der Waals surface area (Å²) >= 11 is 0. The Kier molecular flexibility index (Phi) is 10.8. The molecule has 2 N–H and O–H groups in total. The lowest BCUT2D eigenvalue weighted by Crippen LogP contribution is -2.34. The van der Waals surface area contributed by atoms with E-state index in [9.17, 15) is 9.59 Å². The van der Waals surface area contributed by atoms with E-state index < -0.39 is 11.7 Å². The van der Waals surface area contributed by atoms with E-state index in [4.69, 9.17) is 14.2 Å². The zero-order valence-corrected chi connectivity index (χ0v) is 17.0. The maximum absolute atomic E-state index is 12.0. The molecule has 28 heavy (non-hydrogen) atoms. The highest BCUT2D eigenvalue weighted by Gasteiger charge is 2.15. The molecular formula is C20H31N3O5. The minimum atomic E-state index is -0.513. The largest absolute Gasteiger partial charge is 0.444 e. The van der Waals surface area contributed by atoms with Crippen LogP contribution in [0.4, 0.5) is 4.79 Å². The molecule has 8 nitrogen and oxygen atoms in total. The van der Waals surface area contributed by atoms with E-state index in [2.05, 4.69) is 22.3 Å². The van der Waals surface area contributed by atoms with Gasteiger partial charge in [0.2, 0.25) is 0 Å². The second kappa shape index (κ2) is 12.9.